The van der Waals surface area contributed by atoms with Gasteiger partial charge in [0.25, 0.3) is 0 Å². The Bertz CT molecular complexity index is 942. The molecule has 0 spiro atoms. The molecule has 1 aromatic rings. The summed E-state index contributed by atoms with van der Waals surface area (Å²) in [6.45, 7) is 8.16. The monoisotopic (exact) mass is 529 g/mol. The highest BCUT2D eigenvalue weighted by molar-refractivity contribution is 7.89. The minimum absolute atomic E-state index is 0.109. The number of methoxy groups -OCH3 is 1. The number of benzene rings is 1. The normalized spacial score (nSPS) is 11.7. The van der Waals surface area contributed by atoms with Crippen LogP contribution in [-0.2, 0) is 29.0 Å². The number of anilines is 1. The SMILES string of the molecule is C#CCNc1ccc(S(=O)(=O)N(C)CCOCCOCCOCCNC(=O)OC(C)(C)C)cc1OC. The maximum Gasteiger partial charge on any atom is 0.407 e. The van der Waals surface area contributed by atoms with Gasteiger partial charge >= 0.3 is 6.09 Å². The average molecular weight is 530 g/mol. The number of ether oxygens (including phenoxy) is 5. The molecular weight excluding hydrogens is 490 g/mol. The summed E-state index contributed by atoms with van der Waals surface area (Å²) in [6, 6.07) is 4.57. The number of likely N-dealkylation sites (N-methyl/N-ethyl adjacent to an activating group) is 1. The Morgan fingerprint density at radius 3 is 2.25 bits per heavy atom. The van der Waals surface area contributed by atoms with Gasteiger partial charge in [0, 0.05) is 26.2 Å². The van der Waals surface area contributed by atoms with Gasteiger partial charge in [-0.3, -0.25) is 0 Å². The first-order valence-electron chi connectivity index (χ1n) is 11.5. The van der Waals surface area contributed by atoms with Gasteiger partial charge in [-0.25, -0.2) is 13.2 Å². The molecule has 1 rings (SSSR count). The van der Waals surface area contributed by atoms with Gasteiger partial charge in [0.2, 0.25) is 10.0 Å². The fourth-order valence-electron chi connectivity index (χ4n) is 2.70. The summed E-state index contributed by atoms with van der Waals surface area (Å²) < 4.78 is 53.5. The van der Waals surface area contributed by atoms with Crippen LogP contribution in [0.15, 0.2) is 23.1 Å². The molecule has 0 unspecified atom stereocenters. The number of terminal acetylenes is 1. The number of alkyl carbamates (subject to hydrolysis) is 1. The van der Waals surface area contributed by atoms with Crippen molar-refractivity contribution >= 4 is 21.8 Å². The molecule has 1 amide bonds. The van der Waals surface area contributed by atoms with Crippen molar-refractivity contribution in [3.8, 4) is 18.1 Å². The summed E-state index contributed by atoms with van der Waals surface area (Å²) >= 11 is 0. The molecule has 0 saturated carbocycles. The molecule has 0 aromatic heterocycles. The second-order valence-electron chi connectivity index (χ2n) is 8.51. The first-order chi connectivity index (χ1) is 17.0. The van der Waals surface area contributed by atoms with Gasteiger partial charge in [-0.05, 0) is 32.9 Å². The highest BCUT2D eigenvalue weighted by Crippen LogP contribution is 2.28. The Labute approximate surface area is 214 Å². The molecule has 0 bridgehead atoms. The lowest BCUT2D eigenvalue weighted by Crippen LogP contribution is -2.34. The van der Waals surface area contributed by atoms with Crippen molar-refractivity contribution in [3.05, 3.63) is 18.2 Å². The van der Waals surface area contributed by atoms with Gasteiger partial charge in [0.15, 0.2) is 0 Å². The van der Waals surface area contributed by atoms with Crippen LogP contribution in [0.3, 0.4) is 0 Å². The maximum atomic E-state index is 12.8. The van der Waals surface area contributed by atoms with E-state index in [0.29, 0.717) is 57.6 Å². The Morgan fingerprint density at radius 1 is 1.06 bits per heavy atom. The van der Waals surface area contributed by atoms with Crippen LogP contribution in [0.5, 0.6) is 5.75 Å². The standard InChI is InChI=1S/C24H39N3O8S/c1-7-10-25-21-9-8-20(19-22(21)31-6)36(29,30)27(5)12-14-33-16-18-34-17-15-32-13-11-26-23(28)35-24(2,3)4/h1,8-9,19,25H,10-18H2,2-6H3,(H,26,28). The van der Waals surface area contributed by atoms with Gasteiger partial charge in [-0.2, -0.15) is 4.31 Å². The first kappa shape index (κ1) is 31.5. The number of carbonyl (C=O) groups is 1. The second-order valence-corrected chi connectivity index (χ2v) is 10.6. The lowest BCUT2D eigenvalue weighted by molar-refractivity contribution is 0.0131. The van der Waals surface area contributed by atoms with E-state index in [9.17, 15) is 13.2 Å². The molecule has 11 nitrogen and oxygen atoms in total. The summed E-state index contributed by atoms with van der Waals surface area (Å²) in [4.78, 5) is 11.6. The number of carbonyl (C=O) groups excluding carboxylic acids is 1. The summed E-state index contributed by atoms with van der Waals surface area (Å²) in [5, 5.41) is 5.58. The van der Waals surface area contributed by atoms with E-state index in [-0.39, 0.29) is 18.0 Å². The fourth-order valence-corrected chi connectivity index (χ4v) is 3.87. The molecule has 36 heavy (non-hydrogen) atoms. The van der Waals surface area contributed by atoms with Crippen molar-refractivity contribution in [2.75, 3.05) is 78.7 Å². The molecular formula is C24H39N3O8S. The van der Waals surface area contributed by atoms with Crippen LogP contribution in [0, 0.1) is 12.3 Å². The minimum atomic E-state index is -3.71. The third-order valence-electron chi connectivity index (χ3n) is 4.47. The van der Waals surface area contributed by atoms with Crippen molar-refractivity contribution in [1.82, 2.24) is 9.62 Å². The number of hydrogen-bond donors (Lipinski definition) is 2. The lowest BCUT2D eigenvalue weighted by Gasteiger charge is -2.19. The highest BCUT2D eigenvalue weighted by Gasteiger charge is 2.22. The fraction of sp³-hybridized carbons (Fsp3) is 0.625. The van der Waals surface area contributed by atoms with Crippen molar-refractivity contribution in [3.63, 3.8) is 0 Å². The summed E-state index contributed by atoms with van der Waals surface area (Å²) in [5.74, 6) is 2.84. The maximum absolute atomic E-state index is 12.8. The van der Waals surface area contributed by atoms with Crippen LogP contribution < -0.4 is 15.4 Å². The molecule has 0 heterocycles. The van der Waals surface area contributed by atoms with Crippen molar-refractivity contribution < 1.29 is 36.9 Å². The largest absolute Gasteiger partial charge is 0.495 e. The molecule has 2 N–H and O–H groups in total. The molecule has 0 atom stereocenters. The van der Waals surface area contributed by atoms with Gasteiger partial charge in [0.1, 0.15) is 11.4 Å². The summed E-state index contributed by atoms with van der Waals surface area (Å²) in [5.41, 5.74) is 0.0780. The predicted octanol–water partition coefficient (Wildman–Crippen LogP) is 1.94. The van der Waals surface area contributed by atoms with E-state index in [0.717, 1.165) is 0 Å². The third-order valence-corrected chi connectivity index (χ3v) is 6.32. The number of amides is 1. The zero-order valence-corrected chi connectivity index (χ0v) is 22.6. The van der Waals surface area contributed by atoms with Gasteiger partial charge < -0.3 is 34.3 Å². The zero-order valence-electron chi connectivity index (χ0n) is 21.8. The second kappa shape index (κ2) is 16.2. The Hall–Kier alpha value is -2.56. The molecule has 0 saturated heterocycles. The Morgan fingerprint density at radius 2 is 1.67 bits per heavy atom. The Kier molecular flexibility index (Phi) is 14.2. The van der Waals surface area contributed by atoms with Gasteiger partial charge in [0.05, 0.1) is 63.9 Å². The van der Waals surface area contributed by atoms with E-state index in [1.165, 1.54) is 30.6 Å². The topological polar surface area (TPSA) is 125 Å². The molecule has 0 aliphatic heterocycles. The van der Waals surface area contributed by atoms with Crippen LogP contribution in [0.1, 0.15) is 20.8 Å². The minimum Gasteiger partial charge on any atom is -0.495 e. The van der Waals surface area contributed by atoms with E-state index >= 15 is 0 Å². The van der Waals surface area contributed by atoms with Crippen LogP contribution in [-0.4, -0.2) is 97.9 Å². The molecule has 204 valence electrons. The smallest absolute Gasteiger partial charge is 0.407 e. The lowest BCUT2D eigenvalue weighted by atomic mass is 10.2. The van der Waals surface area contributed by atoms with Gasteiger partial charge in [-0.15, -0.1) is 6.42 Å². The first-order valence-corrected chi connectivity index (χ1v) is 13.0. The number of nitrogens with zero attached hydrogens (tertiary/aromatic N) is 1. The van der Waals surface area contributed by atoms with E-state index < -0.39 is 21.7 Å². The summed E-state index contributed by atoms with van der Waals surface area (Å²) in [6.07, 6.45) is 4.76. The van der Waals surface area contributed by atoms with Crippen molar-refractivity contribution in [1.29, 1.82) is 0 Å². The number of sulfonamides is 1. The quantitative estimate of drug-likeness (QED) is 0.230. The van der Waals surface area contributed by atoms with E-state index in [1.54, 1.807) is 26.8 Å². The van der Waals surface area contributed by atoms with Crippen LogP contribution >= 0.6 is 0 Å². The van der Waals surface area contributed by atoms with Crippen molar-refractivity contribution in [2.24, 2.45) is 0 Å². The third kappa shape index (κ3) is 12.4. The number of nitrogens with one attached hydrogen (secondary N) is 2. The number of rotatable bonds is 17. The molecule has 1 aromatic carbocycles. The Balaban J connectivity index is 2.19. The van der Waals surface area contributed by atoms with Crippen LogP contribution in [0.2, 0.25) is 0 Å². The predicted molar refractivity (Wildman–Crippen MR) is 137 cm³/mol. The van der Waals surface area contributed by atoms with Gasteiger partial charge in [-0.1, -0.05) is 5.92 Å². The highest BCUT2D eigenvalue weighted by atomic mass is 32.2. The van der Waals surface area contributed by atoms with E-state index in [4.69, 9.17) is 30.1 Å². The van der Waals surface area contributed by atoms with E-state index in [1.807, 2.05) is 0 Å². The average Bonchev–Trinajstić information content (AvgIpc) is 2.81. The molecule has 0 radical (unpaired) electrons. The molecule has 0 fully saturated rings. The van der Waals surface area contributed by atoms with E-state index in [2.05, 4.69) is 16.6 Å². The van der Waals surface area contributed by atoms with Crippen LogP contribution in [0.25, 0.3) is 0 Å². The molecule has 12 heteroatoms. The van der Waals surface area contributed by atoms with Crippen molar-refractivity contribution in [2.45, 2.75) is 31.3 Å². The number of hydrogen-bond acceptors (Lipinski definition) is 9. The molecule has 0 aliphatic carbocycles. The van der Waals surface area contributed by atoms with Crippen LogP contribution in [0.4, 0.5) is 10.5 Å². The molecule has 0 aliphatic rings. The summed E-state index contributed by atoms with van der Waals surface area (Å²) in [7, 11) is -0.764. The zero-order chi connectivity index (χ0) is 27.0.